The van der Waals surface area contributed by atoms with Crippen molar-refractivity contribution in [1.29, 1.82) is 0 Å². The van der Waals surface area contributed by atoms with Gasteiger partial charge in [-0.2, -0.15) is 0 Å². The Labute approximate surface area is 187 Å². The third-order valence-electron chi connectivity index (χ3n) is 3.75. The molecule has 7 N–H and O–H groups in total. The molecule has 0 aliphatic carbocycles. The van der Waals surface area contributed by atoms with Crippen LogP contribution in [0.3, 0.4) is 0 Å². The van der Waals surface area contributed by atoms with E-state index in [0.717, 1.165) is 11.8 Å². The number of H-pyrrole nitrogens is 1. The molecule has 160 valence electrons. The van der Waals surface area contributed by atoms with Gasteiger partial charge in [-0.15, -0.1) is 0 Å². The second-order valence-electron chi connectivity index (χ2n) is 5.97. The van der Waals surface area contributed by atoms with E-state index >= 15 is 0 Å². The Hall–Kier alpha value is -3.58. The van der Waals surface area contributed by atoms with Crippen molar-refractivity contribution in [2.45, 2.75) is 5.16 Å². The van der Waals surface area contributed by atoms with Gasteiger partial charge in [-0.1, -0.05) is 11.8 Å². The van der Waals surface area contributed by atoms with Gasteiger partial charge in [-0.3, -0.25) is 24.2 Å². The van der Waals surface area contributed by atoms with Crippen molar-refractivity contribution >= 4 is 62.6 Å². The lowest BCUT2D eigenvalue weighted by atomic mass is 10.2. The lowest BCUT2D eigenvalue weighted by Crippen LogP contribution is -2.23. The first kappa shape index (κ1) is 22.1. The second-order valence-corrected chi connectivity index (χ2v) is 7.71. The Balaban J connectivity index is 1.60. The van der Waals surface area contributed by atoms with Crippen LogP contribution in [-0.2, 0) is 4.79 Å². The predicted molar refractivity (Wildman–Crippen MR) is 118 cm³/mol. The average molecular weight is 507 g/mol. The zero-order valence-electron chi connectivity index (χ0n) is 15.6. The summed E-state index contributed by atoms with van der Waals surface area (Å²) in [5, 5.41) is 5.07. The zero-order valence-corrected chi connectivity index (χ0v) is 18.0. The van der Waals surface area contributed by atoms with Gasteiger partial charge in [0.1, 0.15) is 0 Å². The number of primary amides is 1. The molecule has 0 fully saturated rings. The van der Waals surface area contributed by atoms with Gasteiger partial charge in [0.05, 0.1) is 5.75 Å². The van der Waals surface area contributed by atoms with E-state index in [1.54, 1.807) is 0 Å². The van der Waals surface area contributed by atoms with E-state index < -0.39 is 17.4 Å². The van der Waals surface area contributed by atoms with Gasteiger partial charge in [0.2, 0.25) is 11.8 Å². The fourth-order valence-electron chi connectivity index (χ4n) is 2.32. The maximum absolute atomic E-state index is 12.3. The molecule has 0 radical (unpaired) electrons. The van der Waals surface area contributed by atoms with Gasteiger partial charge in [0.25, 0.3) is 11.5 Å². The minimum Gasteiger partial charge on any atom is -0.444 e. The van der Waals surface area contributed by atoms with Crippen molar-refractivity contribution in [2.75, 3.05) is 22.1 Å². The number of anilines is 3. The smallest absolute Gasteiger partial charge is 0.291 e. The van der Waals surface area contributed by atoms with Gasteiger partial charge in [-0.05, 0) is 52.3 Å². The largest absolute Gasteiger partial charge is 0.444 e. The number of halogens is 1. The zero-order chi connectivity index (χ0) is 22.5. The Morgan fingerprint density at radius 3 is 2.42 bits per heavy atom. The molecular formula is C18H15BrN6O5S. The van der Waals surface area contributed by atoms with Crippen LogP contribution in [0.2, 0.25) is 0 Å². The van der Waals surface area contributed by atoms with Crippen molar-refractivity contribution in [3.8, 4) is 0 Å². The van der Waals surface area contributed by atoms with Gasteiger partial charge < -0.3 is 26.5 Å². The molecule has 0 saturated heterocycles. The molecule has 31 heavy (non-hydrogen) atoms. The van der Waals surface area contributed by atoms with Crippen LogP contribution in [-0.4, -0.2) is 33.4 Å². The molecule has 0 saturated carbocycles. The number of carbonyl (C=O) groups excluding carboxylic acids is 3. The van der Waals surface area contributed by atoms with Crippen molar-refractivity contribution in [2.24, 2.45) is 5.73 Å². The third-order valence-corrected chi connectivity index (χ3v) is 5.05. The number of furan rings is 1. The Morgan fingerprint density at radius 1 is 1.13 bits per heavy atom. The number of nitrogens with two attached hydrogens (primary N) is 2. The SMILES string of the molecule is NC(=O)c1ccc(NC(=O)CSc2nc(N)c(NC(=O)c3ccc(Br)o3)c(=O)[nH]2)cc1. The van der Waals surface area contributed by atoms with Crippen LogP contribution in [0.15, 0.2) is 55.4 Å². The van der Waals surface area contributed by atoms with E-state index in [0.29, 0.717) is 15.9 Å². The molecular weight excluding hydrogens is 492 g/mol. The number of amides is 3. The number of hydrogen-bond acceptors (Lipinski definition) is 8. The van der Waals surface area contributed by atoms with Crippen LogP contribution in [0.5, 0.6) is 0 Å². The summed E-state index contributed by atoms with van der Waals surface area (Å²) in [6.45, 7) is 0. The van der Waals surface area contributed by atoms with Crippen LogP contribution >= 0.6 is 27.7 Å². The lowest BCUT2D eigenvalue weighted by molar-refractivity contribution is -0.113. The molecule has 0 atom stereocenters. The van der Waals surface area contributed by atoms with Crippen LogP contribution < -0.4 is 27.7 Å². The summed E-state index contributed by atoms with van der Waals surface area (Å²) in [7, 11) is 0. The Kier molecular flexibility index (Phi) is 6.77. The number of nitrogens with one attached hydrogen (secondary N) is 3. The van der Waals surface area contributed by atoms with E-state index in [1.165, 1.54) is 36.4 Å². The first-order valence-corrected chi connectivity index (χ1v) is 10.3. The Morgan fingerprint density at radius 2 is 1.84 bits per heavy atom. The van der Waals surface area contributed by atoms with Crippen molar-refractivity contribution < 1.29 is 18.8 Å². The Bertz CT molecular complexity index is 1210. The number of thioether (sulfide) groups is 1. The summed E-state index contributed by atoms with van der Waals surface area (Å²) in [5.41, 5.74) is 10.8. The molecule has 1 aromatic carbocycles. The predicted octanol–water partition coefficient (Wildman–Crippen LogP) is 1.79. The summed E-state index contributed by atoms with van der Waals surface area (Å²) < 4.78 is 5.47. The van der Waals surface area contributed by atoms with Gasteiger partial charge in [-0.25, -0.2) is 4.98 Å². The minimum atomic E-state index is -0.684. The van der Waals surface area contributed by atoms with Gasteiger partial charge >= 0.3 is 0 Å². The van der Waals surface area contributed by atoms with E-state index in [9.17, 15) is 19.2 Å². The standard InChI is InChI=1S/C18H15BrN6O5S/c19-11-6-5-10(30-11)16(28)23-13-14(20)24-18(25-17(13)29)31-7-12(26)22-9-3-1-8(2-4-9)15(21)27/h1-6H,7H2,(H2,21,27)(H,22,26)(H,23,28)(H3,20,24,25,29). The average Bonchev–Trinajstić information content (AvgIpc) is 3.16. The van der Waals surface area contributed by atoms with Crippen molar-refractivity contribution in [3.05, 3.63) is 62.7 Å². The summed E-state index contributed by atoms with van der Waals surface area (Å²) in [4.78, 5) is 54.0. The summed E-state index contributed by atoms with van der Waals surface area (Å²) >= 11 is 4.02. The number of rotatable bonds is 7. The molecule has 0 bridgehead atoms. The quantitative estimate of drug-likeness (QED) is 0.237. The topological polar surface area (TPSA) is 186 Å². The molecule has 3 aromatic rings. The summed E-state index contributed by atoms with van der Waals surface area (Å²) in [5.74, 6) is -1.94. The number of aromatic amines is 1. The number of hydrogen-bond donors (Lipinski definition) is 5. The first-order chi connectivity index (χ1) is 14.7. The third kappa shape index (κ3) is 5.73. The summed E-state index contributed by atoms with van der Waals surface area (Å²) in [6.07, 6.45) is 0. The molecule has 2 aromatic heterocycles. The highest BCUT2D eigenvalue weighted by Crippen LogP contribution is 2.19. The normalized spacial score (nSPS) is 10.5. The van der Waals surface area contributed by atoms with Gasteiger partial charge in [0, 0.05) is 11.3 Å². The number of benzene rings is 1. The van der Waals surface area contributed by atoms with Gasteiger partial charge in [0.15, 0.2) is 27.1 Å². The van der Waals surface area contributed by atoms with E-state index in [4.69, 9.17) is 15.9 Å². The highest BCUT2D eigenvalue weighted by atomic mass is 79.9. The molecule has 3 rings (SSSR count). The lowest BCUT2D eigenvalue weighted by Gasteiger charge is -2.08. The highest BCUT2D eigenvalue weighted by Gasteiger charge is 2.17. The summed E-state index contributed by atoms with van der Waals surface area (Å²) in [6, 6.07) is 8.99. The number of nitrogens with zero attached hydrogens (tertiary/aromatic N) is 1. The number of carbonyl (C=O) groups is 3. The molecule has 13 heteroatoms. The fraction of sp³-hybridized carbons (Fsp3) is 0.0556. The highest BCUT2D eigenvalue weighted by molar-refractivity contribution is 9.10. The van der Waals surface area contributed by atoms with E-state index in [1.807, 2.05) is 0 Å². The van der Waals surface area contributed by atoms with E-state index in [-0.39, 0.29) is 34.1 Å². The molecule has 0 aliphatic rings. The second kappa shape index (κ2) is 9.49. The van der Waals surface area contributed by atoms with Crippen LogP contribution in [0.25, 0.3) is 0 Å². The van der Waals surface area contributed by atoms with Crippen molar-refractivity contribution in [1.82, 2.24) is 9.97 Å². The molecule has 0 aliphatic heterocycles. The monoisotopic (exact) mass is 506 g/mol. The molecule has 0 spiro atoms. The van der Waals surface area contributed by atoms with Crippen LogP contribution in [0.4, 0.5) is 17.2 Å². The maximum atomic E-state index is 12.3. The fourth-order valence-corrected chi connectivity index (χ4v) is 3.29. The van der Waals surface area contributed by atoms with Crippen LogP contribution in [0.1, 0.15) is 20.9 Å². The number of nitrogen functional groups attached to an aromatic ring is 1. The molecule has 2 heterocycles. The molecule has 0 unspecified atom stereocenters. The minimum absolute atomic E-state index is 0.0235. The van der Waals surface area contributed by atoms with Crippen molar-refractivity contribution in [3.63, 3.8) is 0 Å². The first-order valence-electron chi connectivity index (χ1n) is 8.52. The van der Waals surface area contributed by atoms with Crippen LogP contribution in [0, 0.1) is 0 Å². The molecule has 3 amide bonds. The van der Waals surface area contributed by atoms with E-state index in [2.05, 4.69) is 36.5 Å². The number of aromatic nitrogens is 2. The molecule has 11 nitrogen and oxygen atoms in total. The maximum Gasteiger partial charge on any atom is 0.291 e.